The number of nitrogens with zero attached hydrogens (tertiary/aromatic N) is 3. The van der Waals surface area contributed by atoms with Gasteiger partial charge in [-0.25, -0.2) is 0 Å². The summed E-state index contributed by atoms with van der Waals surface area (Å²) in [5, 5.41) is 6.95. The molecule has 9 heteroatoms. The molecule has 168 valence electrons. The number of morpholine rings is 1. The van der Waals surface area contributed by atoms with Gasteiger partial charge >= 0.3 is 0 Å². The van der Waals surface area contributed by atoms with Crippen LogP contribution in [0.15, 0.2) is 23.2 Å². The van der Waals surface area contributed by atoms with Gasteiger partial charge in [0.1, 0.15) is 0 Å². The average molecular weight is 550 g/mol. The molecule has 7 nitrogen and oxygen atoms in total. The molecule has 2 saturated heterocycles. The van der Waals surface area contributed by atoms with Crippen molar-refractivity contribution >= 4 is 53.1 Å². The van der Waals surface area contributed by atoms with Crippen LogP contribution in [-0.4, -0.2) is 80.2 Å². The number of benzene rings is 1. The van der Waals surface area contributed by atoms with E-state index < -0.39 is 0 Å². The molecule has 2 fully saturated rings. The third-order valence-corrected chi connectivity index (χ3v) is 5.91. The van der Waals surface area contributed by atoms with Crippen molar-refractivity contribution < 1.29 is 9.53 Å². The van der Waals surface area contributed by atoms with Crippen LogP contribution in [0, 0.1) is 6.92 Å². The number of carbonyl (C=O) groups is 1. The molecule has 0 aromatic heterocycles. The molecule has 3 rings (SSSR count). The number of carbonyl (C=O) groups excluding carboxylic acids is 1. The van der Waals surface area contributed by atoms with E-state index in [1.165, 1.54) is 0 Å². The zero-order chi connectivity index (χ0) is 20.6. The van der Waals surface area contributed by atoms with Crippen LogP contribution >= 0.6 is 35.6 Å². The first-order valence-electron chi connectivity index (χ1n) is 10.5. The molecule has 0 aliphatic carbocycles. The van der Waals surface area contributed by atoms with Gasteiger partial charge in [-0.05, 0) is 38.0 Å². The van der Waals surface area contributed by atoms with Gasteiger partial charge in [-0.3, -0.25) is 14.7 Å². The highest BCUT2D eigenvalue weighted by Crippen LogP contribution is 2.23. The van der Waals surface area contributed by atoms with E-state index in [0.29, 0.717) is 24.0 Å². The van der Waals surface area contributed by atoms with Gasteiger partial charge < -0.3 is 20.3 Å². The first-order chi connectivity index (χ1) is 14.1. The predicted octanol–water partition coefficient (Wildman–Crippen LogP) is 2.97. The fourth-order valence-electron chi connectivity index (χ4n) is 3.82. The Bertz CT molecular complexity index is 727. The first kappa shape index (κ1) is 25.2. The van der Waals surface area contributed by atoms with Crippen LogP contribution in [0.5, 0.6) is 0 Å². The highest BCUT2D eigenvalue weighted by molar-refractivity contribution is 14.0. The van der Waals surface area contributed by atoms with Crippen molar-refractivity contribution in [3.05, 3.63) is 28.8 Å². The van der Waals surface area contributed by atoms with Crippen molar-refractivity contribution in [1.29, 1.82) is 0 Å². The maximum Gasteiger partial charge on any atom is 0.226 e. The van der Waals surface area contributed by atoms with E-state index in [1.54, 1.807) is 0 Å². The van der Waals surface area contributed by atoms with E-state index in [4.69, 9.17) is 21.3 Å². The molecule has 0 saturated carbocycles. The Morgan fingerprint density at radius 3 is 2.80 bits per heavy atom. The number of likely N-dealkylation sites (tertiary alicyclic amines) is 1. The highest BCUT2D eigenvalue weighted by atomic mass is 127. The quantitative estimate of drug-likeness (QED) is 0.324. The lowest BCUT2D eigenvalue weighted by Gasteiger charge is -2.32. The topological polar surface area (TPSA) is 69.2 Å². The number of hydrogen-bond acceptors (Lipinski definition) is 4. The van der Waals surface area contributed by atoms with Gasteiger partial charge in [-0.15, -0.1) is 24.0 Å². The van der Waals surface area contributed by atoms with Crippen molar-refractivity contribution in [3.8, 4) is 0 Å². The number of amides is 1. The fraction of sp³-hybridized carbons (Fsp3) is 0.619. The average Bonchev–Trinajstić information content (AvgIpc) is 3.22. The summed E-state index contributed by atoms with van der Waals surface area (Å²) in [6, 6.07) is 6.07. The third kappa shape index (κ3) is 6.96. The summed E-state index contributed by atoms with van der Waals surface area (Å²) in [7, 11) is 0. The molecule has 2 N–H and O–H groups in total. The minimum Gasteiger partial charge on any atom is -0.379 e. The lowest BCUT2D eigenvalue weighted by molar-refractivity contribution is -0.116. The van der Waals surface area contributed by atoms with Crippen molar-refractivity contribution in [2.24, 2.45) is 4.99 Å². The summed E-state index contributed by atoms with van der Waals surface area (Å²) in [6.07, 6.45) is 1.47. The fourth-order valence-corrected chi connectivity index (χ4v) is 3.99. The maximum absolute atomic E-state index is 12.3. The molecule has 0 spiro atoms. The molecular formula is C21H33ClIN5O2. The summed E-state index contributed by atoms with van der Waals surface area (Å²) in [5.41, 5.74) is 1.64. The van der Waals surface area contributed by atoms with Crippen LogP contribution in [-0.2, 0) is 9.53 Å². The van der Waals surface area contributed by atoms with E-state index in [9.17, 15) is 4.79 Å². The highest BCUT2D eigenvalue weighted by Gasteiger charge is 2.30. The Morgan fingerprint density at radius 2 is 2.07 bits per heavy atom. The molecule has 0 radical (unpaired) electrons. The smallest absolute Gasteiger partial charge is 0.226 e. The van der Waals surface area contributed by atoms with Gasteiger partial charge in [0, 0.05) is 55.9 Å². The SMILES string of the molecule is CCNC(=NCCC(=O)Nc1cccc(Cl)c1C)N1CCC(N2CCOCC2)C1.I. The molecule has 1 unspecified atom stereocenters. The number of hydrogen-bond donors (Lipinski definition) is 2. The van der Waals surface area contributed by atoms with Crippen LogP contribution in [0.3, 0.4) is 0 Å². The zero-order valence-corrected chi connectivity index (χ0v) is 20.9. The van der Waals surface area contributed by atoms with Gasteiger partial charge in [-0.2, -0.15) is 0 Å². The van der Waals surface area contributed by atoms with Gasteiger partial charge in [0.15, 0.2) is 5.96 Å². The van der Waals surface area contributed by atoms with Crippen molar-refractivity contribution in [1.82, 2.24) is 15.1 Å². The van der Waals surface area contributed by atoms with Crippen LogP contribution in [0.4, 0.5) is 5.69 Å². The van der Waals surface area contributed by atoms with Crippen molar-refractivity contribution in [2.45, 2.75) is 32.7 Å². The number of aliphatic imine (C=N–C) groups is 1. The first-order valence-corrected chi connectivity index (χ1v) is 10.9. The molecule has 2 aliphatic rings. The van der Waals surface area contributed by atoms with Crippen LogP contribution in [0.2, 0.25) is 5.02 Å². The second-order valence-corrected chi connectivity index (χ2v) is 7.89. The second kappa shape index (κ2) is 12.7. The Hall–Kier alpha value is -1.10. The molecule has 1 aromatic carbocycles. The minimum absolute atomic E-state index is 0. The molecule has 2 heterocycles. The Balaban J connectivity index is 0.00000320. The molecular weight excluding hydrogens is 517 g/mol. The summed E-state index contributed by atoms with van der Waals surface area (Å²) in [4.78, 5) is 21.8. The van der Waals surface area contributed by atoms with Gasteiger partial charge in [0.05, 0.1) is 19.8 Å². The number of ether oxygens (including phenoxy) is 1. The Kier molecular flexibility index (Phi) is 10.6. The maximum atomic E-state index is 12.3. The number of halogens is 2. The monoisotopic (exact) mass is 549 g/mol. The Labute approximate surface area is 201 Å². The number of nitrogens with one attached hydrogen (secondary N) is 2. The van der Waals surface area contributed by atoms with Gasteiger partial charge in [0.2, 0.25) is 5.91 Å². The largest absolute Gasteiger partial charge is 0.379 e. The second-order valence-electron chi connectivity index (χ2n) is 7.48. The van der Waals surface area contributed by atoms with E-state index in [1.807, 2.05) is 25.1 Å². The molecule has 1 aromatic rings. The summed E-state index contributed by atoms with van der Waals surface area (Å²) in [5.74, 6) is 0.845. The standard InChI is InChI=1S/C21H32ClN5O2.HI/c1-3-23-21(27-10-8-17(15-27)26-11-13-29-14-12-26)24-9-7-20(28)25-19-6-4-5-18(22)16(19)2;/h4-6,17H,3,7-15H2,1-2H3,(H,23,24)(H,25,28);1H. The molecule has 0 bridgehead atoms. The number of guanidine groups is 1. The normalized spacial score (nSPS) is 20.0. The molecule has 30 heavy (non-hydrogen) atoms. The summed E-state index contributed by atoms with van der Waals surface area (Å²) >= 11 is 6.12. The Morgan fingerprint density at radius 1 is 1.30 bits per heavy atom. The third-order valence-electron chi connectivity index (χ3n) is 5.50. The van der Waals surface area contributed by atoms with E-state index in [-0.39, 0.29) is 29.9 Å². The van der Waals surface area contributed by atoms with Crippen molar-refractivity contribution in [2.75, 3.05) is 57.8 Å². The lowest BCUT2D eigenvalue weighted by Crippen LogP contribution is -2.46. The van der Waals surface area contributed by atoms with Crippen LogP contribution < -0.4 is 10.6 Å². The summed E-state index contributed by atoms with van der Waals surface area (Å²) < 4.78 is 5.47. The lowest BCUT2D eigenvalue weighted by atomic mass is 10.2. The number of rotatable bonds is 6. The van der Waals surface area contributed by atoms with E-state index in [2.05, 4.69) is 27.4 Å². The van der Waals surface area contributed by atoms with E-state index in [0.717, 1.165) is 69.6 Å². The molecule has 2 aliphatic heterocycles. The summed E-state index contributed by atoms with van der Waals surface area (Å²) in [6.45, 7) is 10.9. The van der Waals surface area contributed by atoms with E-state index >= 15 is 0 Å². The molecule has 1 amide bonds. The number of anilines is 1. The molecule has 1 atom stereocenters. The van der Waals surface area contributed by atoms with Gasteiger partial charge in [-0.1, -0.05) is 17.7 Å². The van der Waals surface area contributed by atoms with Crippen molar-refractivity contribution in [3.63, 3.8) is 0 Å². The minimum atomic E-state index is -0.0532. The van der Waals surface area contributed by atoms with Crippen LogP contribution in [0.25, 0.3) is 0 Å². The predicted molar refractivity (Wildman–Crippen MR) is 133 cm³/mol. The zero-order valence-electron chi connectivity index (χ0n) is 17.8. The van der Waals surface area contributed by atoms with Crippen LogP contribution in [0.1, 0.15) is 25.3 Å². The van der Waals surface area contributed by atoms with Gasteiger partial charge in [0.25, 0.3) is 0 Å².